The highest BCUT2D eigenvalue weighted by Crippen LogP contribution is 2.42. The third-order valence-corrected chi connectivity index (χ3v) is 8.44. The molecule has 1 heterocycles. The van der Waals surface area contributed by atoms with Gasteiger partial charge in [-0.05, 0) is 51.7 Å². The van der Waals surface area contributed by atoms with Crippen LogP contribution in [-0.4, -0.2) is 34.8 Å². The Kier molecular flexibility index (Phi) is 7.52. The van der Waals surface area contributed by atoms with E-state index in [1.165, 1.54) is 18.6 Å². The molecule has 1 saturated carbocycles. The summed E-state index contributed by atoms with van der Waals surface area (Å²) in [7, 11) is -3.94. The van der Waals surface area contributed by atoms with Crippen molar-refractivity contribution in [3.05, 3.63) is 32.9 Å². The molecule has 0 saturated heterocycles. The topological polar surface area (TPSA) is 101 Å². The largest absolute Gasteiger partial charge is 0.476 e. The molecule has 0 bridgehead atoms. The number of aromatic carboxylic acids is 1. The second kappa shape index (κ2) is 9.50. The standard InChI is InChI=1S/C21H26Cl3N3O4S/c1-21(2,3)26-32(30,31)14-10-9-13(15(22)16(14)23)19-17(24)18(20(28)29)25-27(19)11-12-7-5-4-6-8-12/h9-10,12,26H,4-8,11H2,1-3H3,(H,28,29). The number of aromatic nitrogens is 2. The predicted molar refractivity (Wildman–Crippen MR) is 126 cm³/mol. The van der Waals surface area contributed by atoms with Crippen LogP contribution >= 0.6 is 34.8 Å². The summed E-state index contributed by atoms with van der Waals surface area (Å²) in [6.45, 7) is 5.63. The summed E-state index contributed by atoms with van der Waals surface area (Å²) in [6.07, 6.45) is 5.44. The quantitative estimate of drug-likeness (QED) is 0.494. The summed E-state index contributed by atoms with van der Waals surface area (Å²) in [4.78, 5) is 11.5. The van der Waals surface area contributed by atoms with E-state index in [1.54, 1.807) is 25.5 Å². The molecule has 0 amide bonds. The first-order chi connectivity index (χ1) is 14.8. The van der Waals surface area contributed by atoms with Crippen LogP contribution in [0.2, 0.25) is 15.1 Å². The molecule has 1 aliphatic carbocycles. The summed E-state index contributed by atoms with van der Waals surface area (Å²) < 4.78 is 29.7. The fourth-order valence-corrected chi connectivity index (χ4v) is 6.56. The molecule has 2 aromatic rings. The van der Waals surface area contributed by atoms with E-state index in [0.717, 1.165) is 25.7 Å². The number of benzene rings is 1. The van der Waals surface area contributed by atoms with Gasteiger partial charge in [-0.3, -0.25) is 4.68 Å². The lowest BCUT2D eigenvalue weighted by Crippen LogP contribution is -2.40. The van der Waals surface area contributed by atoms with Crippen molar-refractivity contribution in [2.75, 3.05) is 0 Å². The van der Waals surface area contributed by atoms with Crippen molar-refractivity contribution in [1.82, 2.24) is 14.5 Å². The molecule has 3 rings (SSSR count). The van der Waals surface area contributed by atoms with Gasteiger partial charge in [0.2, 0.25) is 10.0 Å². The van der Waals surface area contributed by atoms with Gasteiger partial charge in [0.05, 0.1) is 15.7 Å². The van der Waals surface area contributed by atoms with Crippen molar-refractivity contribution in [2.45, 2.75) is 69.9 Å². The number of carbonyl (C=O) groups is 1. The lowest BCUT2D eigenvalue weighted by atomic mass is 9.89. The molecule has 7 nitrogen and oxygen atoms in total. The molecule has 1 aliphatic rings. The van der Waals surface area contributed by atoms with Crippen LogP contribution in [0.15, 0.2) is 17.0 Å². The van der Waals surface area contributed by atoms with Crippen LogP contribution in [0.25, 0.3) is 11.3 Å². The maximum Gasteiger partial charge on any atom is 0.358 e. The normalized spacial score (nSPS) is 15.8. The molecular weight excluding hydrogens is 497 g/mol. The Morgan fingerprint density at radius 2 is 1.75 bits per heavy atom. The van der Waals surface area contributed by atoms with E-state index in [4.69, 9.17) is 34.8 Å². The van der Waals surface area contributed by atoms with Crippen molar-refractivity contribution in [1.29, 1.82) is 0 Å². The van der Waals surface area contributed by atoms with E-state index < -0.39 is 21.5 Å². The zero-order valence-corrected chi connectivity index (χ0v) is 21.2. The number of hydrogen-bond donors (Lipinski definition) is 2. The average Bonchev–Trinajstić information content (AvgIpc) is 2.99. The summed E-state index contributed by atoms with van der Waals surface area (Å²) in [6, 6.07) is 2.82. The molecule has 2 N–H and O–H groups in total. The number of nitrogens with one attached hydrogen (secondary N) is 1. The number of halogens is 3. The molecule has 1 aromatic carbocycles. The molecule has 0 unspecified atom stereocenters. The molecule has 1 fully saturated rings. The molecule has 0 atom stereocenters. The second-order valence-electron chi connectivity index (χ2n) is 9.10. The zero-order valence-electron chi connectivity index (χ0n) is 18.1. The van der Waals surface area contributed by atoms with Gasteiger partial charge in [0.25, 0.3) is 0 Å². The van der Waals surface area contributed by atoms with Crippen molar-refractivity contribution < 1.29 is 18.3 Å². The Morgan fingerprint density at radius 1 is 1.12 bits per heavy atom. The number of carboxylic acid groups (broad SMARTS) is 1. The van der Waals surface area contributed by atoms with E-state index in [2.05, 4.69) is 9.82 Å². The summed E-state index contributed by atoms with van der Waals surface area (Å²) in [5.74, 6) is -0.917. The van der Waals surface area contributed by atoms with Gasteiger partial charge < -0.3 is 5.11 Å². The number of hydrogen-bond acceptors (Lipinski definition) is 4. The summed E-state index contributed by atoms with van der Waals surface area (Å²) in [5.41, 5.74) is -0.358. The van der Waals surface area contributed by atoms with Crippen LogP contribution in [0.3, 0.4) is 0 Å². The van der Waals surface area contributed by atoms with E-state index in [0.29, 0.717) is 23.7 Å². The third-order valence-electron chi connectivity index (χ3n) is 5.29. The van der Waals surface area contributed by atoms with Gasteiger partial charge in [-0.2, -0.15) is 5.10 Å². The van der Waals surface area contributed by atoms with Crippen LogP contribution < -0.4 is 4.72 Å². The summed E-state index contributed by atoms with van der Waals surface area (Å²) >= 11 is 19.3. The van der Waals surface area contributed by atoms with E-state index in [9.17, 15) is 18.3 Å². The lowest BCUT2D eigenvalue weighted by molar-refractivity contribution is 0.0689. The minimum Gasteiger partial charge on any atom is -0.476 e. The van der Waals surface area contributed by atoms with Crippen LogP contribution in [-0.2, 0) is 16.6 Å². The molecule has 0 aliphatic heterocycles. The van der Waals surface area contributed by atoms with Crippen LogP contribution in [0.5, 0.6) is 0 Å². The third kappa shape index (κ3) is 5.42. The first kappa shape index (κ1) is 25.3. The maximum absolute atomic E-state index is 12.8. The Hall–Kier alpha value is -1.32. The Morgan fingerprint density at radius 3 is 2.31 bits per heavy atom. The molecule has 11 heteroatoms. The number of nitrogens with zero attached hydrogens (tertiary/aromatic N) is 2. The van der Waals surface area contributed by atoms with E-state index in [-0.39, 0.29) is 25.7 Å². The van der Waals surface area contributed by atoms with Gasteiger partial charge in [0, 0.05) is 17.6 Å². The van der Waals surface area contributed by atoms with Gasteiger partial charge >= 0.3 is 5.97 Å². The minimum absolute atomic E-state index is 0.0351. The molecule has 0 radical (unpaired) electrons. The zero-order chi connectivity index (χ0) is 23.8. The highest BCUT2D eigenvalue weighted by atomic mass is 35.5. The van der Waals surface area contributed by atoms with Crippen LogP contribution in [0.1, 0.15) is 63.4 Å². The van der Waals surface area contributed by atoms with E-state index in [1.807, 2.05) is 0 Å². The van der Waals surface area contributed by atoms with Gasteiger partial charge in [-0.1, -0.05) is 54.1 Å². The lowest BCUT2D eigenvalue weighted by Gasteiger charge is -2.23. The van der Waals surface area contributed by atoms with Crippen LogP contribution in [0.4, 0.5) is 0 Å². The SMILES string of the molecule is CC(C)(C)NS(=O)(=O)c1ccc(-c2c(Cl)c(C(=O)O)nn2CC2CCCCC2)c(Cl)c1Cl. The predicted octanol–water partition coefficient (Wildman–Crippen LogP) is 5.87. The van der Waals surface area contributed by atoms with Crippen molar-refractivity contribution in [3.8, 4) is 11.3 Å². The maximum atomic E-state index is 12.8. The Balaban J connectivity index is 2.11. The van der Waals surface area contributed by atoms with E-state index >= 15 is 0 Å². The number of sulfonamides is 1. The first-order valence-electron chi connectivity index (χ1n) is 10.3. The minimum atomic E-state index is -3.94. The average molecular weight is 523 g/mol. The number of carboxylic acids is 1. The first-order valence-corrected chi connectivity index (χ1v) is 13.0. The van der Waals surface area contributed by atoms with Gasteiger partial charge in [-0.25, -0.2) is 17.9 Å². The van der Waals surface area contributed by atoms with Gasteiger partial charge in [0.15, 0.2) is 5.69 Å². The fraction of sp³-hybridized carbons (Fsp3) is 0.524. The van der Waals surface area contributed by atoms with Gasteiger partial charge in [-0.15, -0.1) is 0 Å². The van der Waals surface area contributed by atoms with Crippen molar-refractivity contribution in [3.63, 3.8) is 0 Å². The van der Waals surface area contributed by atoms with Crippen molar-refractivity contribution >= 4 is 50.8 Å². The Labute approximate surface area is 203 Å². The highest BCUT2D eigenvalue weighted by Gasteiger charge is 2.30. The highest BCUT2D eigenvalue weighted by molar-refractivity contribution is 7.89. The summed E-state index contributed by atoms with van der Waals surface area (Å²) in [5, 5.41) is 13.5. The molecule has 32 heavy (non-hydrogen) atoms. The molecular formula is C21H26Cl3N3O4S. The molecule has 1 aromatic heterocycles. The van der Waals surface area contributed by atoms with Gasteiger partial charge in [0.1, 0.15) is 9.92 Å². The molecule has 0 spiro atoms. The smallest absolute Gasteiger partial charge is 0.358 e. The fourth-order valence-electron chi connectivity index (χ4n) is 3.96. The molecule has 176 valence electrons. The number of rotatable bonds is 6. The Bertz CT molecular complexity index is 1130. The second-order valence-corrected chi connectivity index (χ2v) is 11.9. The monoisotopic (exact) mass is 521 g/mol. The van der Waals surface area contributed by atoms with Crippen LogP contribution in [0, 0.1) is 5.92 Å². The van der Waals surface area contributed by atoms with Crippen molar-refractivity contribution in [2.24, 2.45) is 5.92 Å².